The van der Waals surface area contributed by atoms with Gasteiger partial charge >= 0.3 is 0 Å². The molecule has 3 atom stereocenters. The molecule has 3 unspecified atom stereocenters. The van der Waals surface area contributed by atoms with Crippen LogP contribution in [0.1, 0.15) is 19.8 Å². The number of hydrogen-bond donors (Lipinski definition) is 0. The van der Waals surface area contributed by atoms with Crippen LogP contribution in [0.3, 0.4) is 0 Å². The quantitative estimate of drug-likeness (QED) is 0.501. The third-order valence-electron chi connectivity index (χ3n) is 4.21. The molecule has 3 fully saturated rings. The lowest BCUT2D eigenvalue weighted by Crippen LogP contribution is -2.41. The minimum Gasteiger partial charge on any atom is -0.378 e. The van der Waals surface area contributed by atoms with Crippen LogP contribution in [0.4, 0.5) is 0 Å². The maximum absolute atomic E-state index is 5.84. The van der Waals surface area contributed by atoms with E-state index in [0.717, 1.165) is 32.7 Å². The molecule has 6 nitrogen and oxygen atoms in total. The van der Waals surface area contributed by atoms with Crippen LogP contribution >= 0.6 is 0 Å². The highest BCUT2D eigenvalue weighted by Crippen LogP contribution is 2.27. The van der Waals surface area contributed by atoms with E-state index in [1.54, 1.807) is 0 Å². The first-order valence-electron chi connectivity index (χ1n) is 7.91. The SMILES string of the molecule is CCC(COCC1CO1)(COCC1CO1)COC1CCO1. The lowest BCUT2D eigenvalue weighted by atomic mass is 9.88. The zero-order valence-corrected chi connectivity index (χ0v) is 12.8. The topological polar surface area (TPSA) is 62.0 Å². The Morgan fingerprint density at radius 3 is 1.90 bits per heavy atom. The predicted molar refractivity (Wildman–Crippen MR) is 74.2 cm³/mol. The van der Waals surface area contributed by atoms with E-state index in [0.29, 0.717) is 33.0 Å². The minimum atomic E-state index is -0.122. The van der Waals surface area contributed by atoms with Gasteiger partial charge in [0.15, 0.2) is 6.29 Å². The molecule has 0 saturated carbocycles. The molecular formula is C15H26O6. The van der Waals surface area contributed by atoms with Gasteiger partial charge in [-0.05, 0) is 6.42 Å². The van der Waals surface area contributed by atoms with Crippen molar-refractivity contribution in [1.82, 2.24) is 0 Å². The summed E-state index contributed by atoms with van der Waals surface area (Å²) in [5.41, 5.74) is -0.122. The number of rotatable bonds is 12. The molecule has 122 valence electrons. The van der Waals surface area contributed by atoms with Crippen molar-refractivity contribution in [1.29, 1.82) is 0 Å². The Balaban J connectivity index is 1.43. The van der Waals surface area contributed by atoms with Gasteiger partial charge in [0.2, 0.25) is 0 Å². The van der Waals surface area contributed by atoms with Crippen molar-refractivity contribution in [2.24, 2.45) is 5.41 Å². The molecule has 0 bridgehead atoms. The van der Waals surface area contributed by atoms with Gasteiger partial charge in [-0.1, -0.05) is 6.92 Å². The van der Waals surface area contributed by atoms with Gasteiger partial charge in [0.1, 0.15) is 12.2 Å². The lowest BCUT2D eigenvalue weighted by molar-refractivity contribution is -0.234. The standard InChI is InChI=1S/C15H26O6/c1-2-15(9-16-5-12-7-19-12,10-17-6-13-8-20-13)11-21-14-3-4-18-14/h12-14H,2-11H2,1H3. The van der Waals surface area contributed by atoms with Gasteiger partial charge < -0.3 is 28.4 Å². The van der Waals surface area contributed by atoms with Gasteiger partial charge in [-0.15, -0.1) is 0 Å². The lowest BCUT2D eigenvalue weighted by Gasteiger charge is -2.35. The Bertz CT molecular complexity index is 293. The molecule has 3 heterocycles. The van der Waals surface area contributed by atoms with Crippen LogP contribution < -0.4 is 0 Å². The fourth-order valence-corrected chi connectivity index (χ4v) is 2.19. The molecule has 0 aromatic rings. The van der Waals surface area contributed by atoms with Crippen LogP contribution in [-0.2, 0) is 28.4 Å². The number of ether oxygens (including phenoxy) is 6. The van der Waals surface area contributed by atoms with Crippen LogP contribution in [0.2, 0.25) is 0 Å². The Morgan fingerprint density at radius 1 is 0.952 bits per heavy atom. The third-order valence-corrected chi connectivity index (χ3v) is 4.21. The second-order valence-corrected chi connectivity index (χ2v) is 6.19. The molecule has 3 aliphatic rings. The largest absolute Gasteiger partial charge is 0.378 e. The molecule has 0 aromatic heterocycles. The normalized spacial score (nSPS) is 33.3. The van der Waals surface area contributed by atoms with Gasteiger partial charge in [0, 0.05) is 11.8 Å². The van der Waals surface area contributed by atoms with Crippen LogP contribution in [0.25, 0.3) is 0 Å². The van der Waals surface area contributed by atoms with E-state index >= 15 is 0 Å². The zero-order chi connectivity index (χ0) is 14.5. The van der Waals surface area contributed by atoms with Crippen molar-refractivity contribution in [2.75, 3.05) is 52.9 Å². The summed E-state index contributed by atoms with van der Waals surface area (Å²) in [5.74, 6) is 0. The Kier molecular flexibility index (Phi) is 5.48. The Morgan fingerprint density at radius 2 is 1.52 bits per heavy atom. The van der Waals surface area contributed by atoms with E-state index in [2.05, 4.69) is 6.92 Å². The van der Waals surface area contributed by atoms with Crippen molar-refractivity contribution < 1.29 is 28.4 Å². The third kappa shape index (κ3) is 5.16. The first-order chi connectivity index (χ1) is 10.3. The van der Waals surface area contributed by atoms with Crippen molar-refractivity contribution in [2.45, 2.75) is 38.3 Å². The van der Waals surface area contributed by atoms with E-state index in [1.165, 1.54) is 0 Å². The predicted octanol–water partition coefficient (Wildman–Crippen LogP) is 0.977. The second kappa shape index (κ2) is 7.35. The summed E-state index contributed by atoms with van der Waals surface area (Å²) in [7, 11) is 0. The molecular weight excluding hydrogens is 276 g/mol. The van der Waals surface area contributed by atoms with Crippen LogP contribution in [0.5, 0.6) is 0 Å². The summed E-state index contributed by atoms with van der Waals surface area (Å²) in [4.78, 5) is 0. The highest BCUT2D eigenvalue weighted by atomic mass is 16.7. The van der Waals surface area contributed by atoms with E-state index in [9.17, 15) is 0 Å². The molecule has 0 radical (unpaired) electrons. The fourth-order valence-electron chi connectivity index (χ4n) is 2.19. The molecule has 21 heavy (non-hydrogen) atoms. The Hall–Kier alpha value is -0.240. The molecule has 3 aliphatic heterocycles. The highest BCUT2D eigenvalue weighted by molar-refractivity contribution is 4.80. The van der Waals surface area contributed by atoms with Crippen LogP contribution in [0, 0.1) is 5.41 Å². The van der Waals surface area contributed by atoms with E-state index in [-0.39, 0.29) is 23.9 Å². The van der Waals surface area contributed by atoms with Crippen molar-refractivity contribution in [3.8, 4) is 0 Å². The Labute approximate surface area is 126 Å². The molecule has 3 rings (SSSR count). The van der Waals surface area contributed by atoms with E-state index < -0.39 is 0 Å². The average molecular weight is 302 g/mol. The summed E-state index contributed by atoms with van der Waals surface area (Å²) in [5, 5.41) is 0. The maximum Gasteiger partial charge on any atom is 0.159 e. The van der Waals surface area contributed by atoms with E-state index in [4.69, 9.17) is 28.4 Å². The fraction of sp³-hybridized carbons (Fsp3) is 1.00. The molecule has 3 saturated heterocycles. The summed E-state index contributed by atoms with van der Waals surface area (Å²) >= 11 is 0. The summed E-state index contributed by atoms with van der Waals surface area (Å²) in [6, 6.07) is 0. The monoisotopic (exact) mass is 302 g/mol. The first kappa shape index (κ1) is 15.6. The van der Waals surface area contributed by atoms with Crippen molar-refractivity contribution in [3.05, 3.63) is 0 Å². The van der Waals surface area contributed by atoms with Crippen molar-refractivity contribution in [3.63, 3.8) is 0 Å². The summed E-state index contributed by atoms with van der Waals surface area (Å²) in [6.45, 7) is 7.77. The molecule has 0 spiro atoms. The van der Waals surface area contributed by atoms with Gasteiger partial charge in [-0.2, -0.15) is 0 Å². The molecule has 0 aromatic carbocycles. The number of epoxide rings is 2. The highest BCUT2D eigenvalue weighted by Gasteiger charge is 2.34. The van der Waals surface area contributed by atoms with Crippen molar-refractivity contribution >= 4 is 0 Å². The first-order valence-corrected chi connectivity index (χ1v) is 7.91. The average Bonchev–Trinajstić information content (AvgIpc) is 3.31. The van der Waals surface area contributed by atoms with Gasteiger partial charge in [-0.25, -0.2) is 0 Å². The maximum atomic E-state index is 5.84. The molecule has 0 amide bonds. The van der Waals surface area contributed by atoms with E-state index in [1.807, 2.05) is 0 Å². The van der Waals surface area contributed by atoms with Crippen LogP contribution in [-0.4, -0.2) is 71.4 Å². The second-order valence-electron chi connectivity index (χ2n) is 6.19. The molecule has 0 aliphatic carbocycles. The smallest absolute Gasteiger partial charge is 0.159 e. The number of hydrogen-bond acceptors (Lipinski definition) is 6. The van der Waals surface area contributed by atoms with Gasteiger partial charge in [0.05, 0.1) is 52.9 Å². The molecule has 6 heteroatoms. The zero-order valence-electron chi connectivity index (χ0n) is 12.8. The molecule has 0 N–H and O–H groups in total. The van der Waals surface area contributed by atoms with Crippen LogP contribution in [0.15, 0.2) is 0 Å². The minimum absolute atomic E-state index is 0.0468. The summed E-state index contributed by atoms with van der Waals surface area (Å²) < 4.78 is 33.2. The summed E-state index contributed by atoms with van der Waals surface area (Å²) in [6.07, 6.45) is 2.45. The van der Waals surface area contributed by atoms with Gasteiger partial charge in [0.25, 0.3) is 0 Å². The van der Waals surface area contributed by atoms with Gasteiger partial charge in [-0.3, -0.25) is 0 Å².